The molecule has 1 aromatic rings. The quantitative estimate of drug-likeness (QED) is 0.886. The average molecular weight is 289 g/mol. The number of carboxylic acids is 1. The number of amides is 1. The maximum atomic E-state index is 12.4. The molecule has 1 aromatic carbocycles. The minimum Gasteiger partial charge on any atom is -0.479 e. The highest BCUT2D eigenvalue weighted by Gasteiger charge is 2.47. The van der Waals surface area contributed by atoms with E-state index < -0.39 is 17.6 Å². The van der Waals surface area contributed by atoms with Crippen LogP contribution in [0.1, 0.15) is 36.8 Å². The molecule has 0 radical (unpaired) electrons. The fourth-order valence-corrected chi connectivity index (χ4v) is 3.26. The molecular formula is C16H19NO4. The summed E-state index contributed by atoms with van der Waals surface area (Å²) in [5, 5.41) is 12.5. The minimum absolute atomic E-state index is 0.311. The molecule has 1 heterocycles. The van der Waals surface area contributed by atoms with E-state index in [-0.39, 0.29) is 5.91 Å². The van der Waals surface area contributed by atoms with Crippen LogP contribution in [0.15, 0.2) is 24.3 Å². The van der Waals surface area contributed by atoms with Crippen LogP contribution in [0.4, 0.5) is 0 Å². The first-order valence-corrected chi connectivity index (χ1v) is 7.39. The standard InChI is InChI=1S/C16H19NO4/c18-14(13-7-3-4-10-21-13)17-16(15(19)20)9-8-11-5-1-2-6-12(11)16/h1-2,5-6,13H,3-4,7-10H2,(H,17,18)(H,19,20). The van der Waals surface area contributed by atoms with E-state index in [1.807, 2.05) is 18.2 Å². The lowest BCUT2D eigenvalue weighted by atomic mass is 9.91. The lowest BCUT2D eigenvalue weighted by Gasteiger charge is -2.30. The highest BCUT2D eigenvalue weighted by molar-refractivity contribution is 5.91. The second-order valence-electron chi connectivity index (χ2n) is 5.71. The van der Waals surface area contributed by atoms with Gasteiger partial charge in [0.15, 0.2) is 5.54 Å². The number of carboxylic acid groups (broad SMARTS) is 1. The number of fused-ring (bicyclic) bond motifs is 1. The van der Waals surface area contributed by atoms with Crippen LogP contribution in [0.3, 0.4) is 0 Å². The SMILES string of the molecule is O=C(NC1(C(=O)O)CCc2ccccc21)C1CCCCO1. The van der Waals surface area contributed by atoms with Crippen LogP contribution < -0.4 is 5.32 Å². The van der Waals surface area contributed by atoms with Gasteiger partial charge in [0.2, 0.25) is 5.91 Å². The van der Waals surface area contributed by atoms with Crippen molar-refractivity contribution in [3.05, 3.63) is 35.4 Å². The molecule has 112 valence electrons. The second-order valence-corrected chi connectivity index (χ2v) is 5.71. The van der Waals surface area contributed by atoms with E-state index in [4.69, 9.17) is 4.74 Å². The largest absolute Gasteiger partial charge is 0.479 e. The van der Waals surface area contributed by atoms with E-state index >= 15 is 0 Å². The zero-order valence-corrected chi connectivity index (χ0v) is 11.8. The summed E-state index contributed by atoms with van der Waals surface area (Å²) in [6.45, 7) is 0.564. The summed E-state index contributed by atoms with van der Waals surface area (Å²) in [5.41, 5.74) is 0.375. The maximum absolute atomic E-state index is 12.4. The van der Waals surface area contributed by atoms with E-state index in [2.05, 4.69) is 5.32 Å². The van der Waals surface area contributed by atoms with Crippen LogP contribution in [0.2, 0.25) is 0 Å². The van der Waals surface area contributed by atoms with Crippen LogP contribution in [0.5, 0.6) is 0 Å². The zero-order valence-electron chi connectivity index (χ0n) is 11.8. The first-order valence-electron chi connectivity index (χ1n) is 7.39. The van der Waals surface area contributed by atoms with Crippen molar-refractivity contribution in [2.75, 3.05) is 6.61 Å². The van der Waals surface area contributed by atoms with E-state index in [9.17, 15) is 14.7 Å². The molecule has 21 heavy (non-hydrogen) atoms. The molecule has 0 aromatic heterocycles. The molecule has 0 saturated carbocycles. The Bertz CT molecular complexity index is 565. The monoisotopic (exact) mass is 289 g/mol. The number of ether oxygens (including phenoxy) is 1. The Hall–Kier alpha value is -1.88. The van der Waals surface area contributed by atoms with Gasteiger partial charge in [-0.1, -0.05) is 24.3 Å². The molecule has 2 unspecified atom stereocenters. The molecule has 2 aliphatic rings. The summed E-state index contributed by atoms with van der Waals surface area (Å²) in [6, 6.07) is 7.41. The third-order valence-corrected chi connectivity index (χ3v) is 4.42. The highest BCUT2D eigenvalue weighted by Crippen LogP contribution is 2.37. The van der Waals surface area contributed by atoms with Crippen LogP contribution in [0.25, 0.3) is 0 Å². The van der Waals surface area contributed by atoms with Crippen LogP contribution in [-0.2, 0) is 26.3 Å². The summed E-state index contributed by atoms with van der Waals surface area (Å²) in [6.07, 6.45) is 3.07. The van der Waals surface area contributed by atoms with Gasteiger partial charge in [-0.05, 0) is 43.2 Å². The summed E-state index contributed by atoms with van der Waals surface area (Å²) >= 11 is 0. The van der Waals surface area contributed by atoms with Crippen molar-refractivity contribution in [3.8, 4) is 0 Å². The predicted molar refractivity (Wildman–Crippen MR) is 75.8 cm³/mol. The van der Waals surface area contributed by atoms with E-state index in [0.717, 1.165) is 18.4 Å². The van der Waals surface area contributed by atoms with Gasteiger partial charge in [-0.2, -0.15) is 0 Å². The van der Waals surface area contributed by atoms with Gasteiger partial charge in [0.1, 0.15) is 6.10 Å². The van der Waals surface area contributed by atoms with Crippen molar-refractivity contribution in [2.24, 2.45) is 0 Å². The lowest BCUT2D eigenvalue weighted by molar-refractivity contribution is -0.151. The number of carbonyl (C=O) groups excluding carboxylic acids is 1. The number of rotatable bonds is 3. The molecule has 0 bridgehead atoms. The Kier molecular flexibility index (Phi) is 3.68. The average Bonchev–Trinajstić information content (AvgIpc) is 2.88. The van der Waals surface area contributed by atoms with Crippen LogP contribution in [0, 0.1) is 0 Å². The Balaban J connectivity index is 1.86. The van der Waals surface area contributed by atoms with Gasteiger partial charge in [-0.15, -0.1) is 0 Å². The van der Waals surface area contributed by atoms with Crippen molar-refractivity contribution in [2.45, 2.75) is 43.7 Å². The smallest absolute Gasteiger partial charge is 0.334 e. The molecule has 2 N–H and O–H groups in total. The van der Waals surface area contributed by atoms with Crippen molar-refractivity contribution in [1.29, 1.82) is 0 Å². The van der Waals surface area contributed by atoms with E-state index in [1.165, 1.54) is 0 Å². The first-order chi connectivity index (χ1) is 10.1. The number of carbonyl (C=O) groups is 2. The third-order valence-electron chi connectivity index (χ3n) is 4.42. The molecular weight excluding hydrogens is 270 g/mol. The summed E-state index contributed by atoms with van der Waals surface area (Å²) < 4.78 is 5.46. The number of benzene rings is 1. The van der Waals surface area contributed by atoms with Crippen molar-refractivity contribution < 1.29 is 19.4 Å². The number of aryl methyl sites for hydroxylation is 1. The molecule has 1 amide bonds. The molecule has 5 heteroatoms. The highest BCUT2D eigenvalue weighted by atomic mass is 16.5. The summed E-state index contributed by atoms with van der Waals surface area (Å²) in [4.78, 5) is 24.2. The van der Waals surface area contributed by atoms with Gasteiger partial charge in [0, 0.05) is 6.61 Å². The Morgan fingerprint density at radius 1 is 1.29 bits per heavy atom. The molecule has 5 nitrogen and oxygen atoms in total. The summed E-state index contributed by atoms with van der Waals surface area (Å²) in [7, 11) is 0. The number of aliphatic carboxylic acids is 1. The van der Waals surface area contributed by atoms with Crippen molar-refractivity contribution in [3.63, 3.8) is 0 Å². The Morgan fingerprint density at radius 3 is 2.81 bits per heavy atom. The van der Waals surface area contributed by atoms with Gasteiger partial charge in [0.25, 0.3) is 0 Å². The Labute approximate surface area is 123 Å². The van der Waals surface area contributed by atoms with Crippen LogP contribution >= 0.6 is 0 Å². The third kappa shape index (κ3) is 2.42. The molecule has 1 fully saturated rings. The fourth-order valence-electron chi connectivity index (χ4n) is 3.26. The van der Waals surface area contributed by atoms with Crippen molar-refractivity contribution in [1.82, 2.24) is 5.32 Å². The minimum atomic E-state index is -1.31. The van der Waals surface area contributed by atoms with E-state index in [1.54, 1.807) is 6.07 Å². The molecule has 3 rings (SSSR count). The zero-order chi connectivity index (χ0) is 14.9. The number of hydrogen-bond donors (Lipinski definition) is 2. The number of nitrogens with one attached hydrogen (secondary N) is 1. The molecule has 2 atom stereocenters. The predicted octanol–water partition coefficient (Wildman–Crippen LogP) is 1.60. The maximum Gasteiger partial charge on any atom is 0.334 e. The molecule has 1 aliphatic heterocycles. The van der Waals surface area contributed by atoms with Crippen LogP contribution in [-0.4, -0.2) is 29.7 Å². The molecule has 1 saturated heterocycles. The van der Waals surface area contributed by atoms with Gasteiger partial charge in [-0.25, -0.2) is 4.79 Å². The van der Waals surface area contributed by atoms with Gasteiger partial charge < -0.3 is 15.2 Å². The first kappa shape index (κ1) is 14.1. The second kappa shape index (κ2) is 5.48. The number of hydrogen-bond acceptors (Lipinski definition) is 3. The Morgan fingerprint density at radius 2 is 2.10 bits per heavy atom. The molecule has 0 spiro atoms. The van der Waals surface area contributed by atoms with Gasteiger partial charge >= 0.3 is 5.97 Å². The molecule has 1 aliphatic carbocycles. The topological polar surface area (TPSA) is 75.6 Å². The normalized spacial score (nSPS) is 27.9. The van der Waals surface area contributed by atoms with Crippen molar-refractivity contribution >= 4 is 11.9 Å². The van der Waals surface area contributed by atoms with Gasteiger partial charge in [0.05, 0.1) is 0 Å². The fraction of sp³-hybridized carbons (Fsp3) is 0.500. The van der Waals surface area contributed by atoms with Gasteiger partial charge in [-0.3, -0.25) is 4.79 Å². The lowest BCUT2D eigenvalue weighted by Crippen LogP contribution is -2.54. The van der Waals surface area contributed by atoms with E-state index in [0.29, 0.717) is 31.4 Å². The summed E-state index contributed by atoms with van der Waals surface area (Å²) in [5.74, 6) is -1.31.